The fourth-order valence-electron chi connectivity index (χ4n) is 2.16. The standard InChI is InChI=1S/C17H18N2O/c1-12-4-9-17(20-3)16(10-12)13(2)19-15-7-5-14(11-18)6-8-15/h4-10,13,19H,1-3H3. The lowest BCUT2D eigenvalue weighted by atomic mass is 10.0. The summed E-state index contributed by atoms with van der Waals surface area (Å²) in [5.41, 5.74) is 3.97. The van der Waals surface area contributed by atoms with Crippen molar-refractivity contribution in [1.29, 1.82) is 5.26 Å². The van der Waals surface area contributed by atoms with Crippen LogP contribution in [0.25, 0.3) is 0 Å². The Morgan fingerprint density at radius 1 is 1.15 bits per heavy atom. The summed E-state index contributed by atoms with van der Waals surface area (Å²) in [5, 5.41) is 12.2. The highest BCUT2D eigenvalue weighted by molar-refractivity contribution is 5.50. The van der Waals surface area contributed by atoms with Gasteiger partial charge < -0.3 is 10.1 Å². The predicted molar refractivity (Wildman–Crippen MR) is 80.9 cm³/mol. The van der Waals surface area contributed by atoms with Crippen LogP contribution in [0.4, 0.5) is 5.69 Å². The van der Waals surface area contributed by atoms with E-state index < -0.39 is 0 Å². The molecular formula is C17H18N2O. The largest absolute Gasteiger partial charge is 0.496 e. The van der Waals surface area contributed by atoms with Gasteiger partial charge in [0.2, 0.25) is 0 Å². The van der Waals surface area contributed by atoms with Crippen molar-refractivity contribution in [3.63, 3.8) is 0 Å². The molecule has 0 aliphatic heterocycles. The average Bonchev–Trinajstić information content (AvgIpc) is 2.48. The minimum Gasteiger partial charge on any atom is -0.496 e. The third-order valence-corrected chi connectivity index (χ3v) is 3.25. The van der Waals surface area contributed by atoms with Crippen molar-refractivity contribution in [2.45, 2.75) is 19.9 Å². The zero-order valence-electron chi connectivity index (χ0n) is 12.0. The Bertz CT molecular complexity index is 626. The molecule has 3 heteroatoms. The molecule has 0 saturated carbocycles. The summed E-state index contributed by atoms with van der Waals surface area (Å²) in [6, 6.07) is 15.8. The minimum atomic E-state index is 0.123. The molecule has 0 aliphatic rings. The number of rotatable bonds is 4. The third kappa shape index (κ3) is 3.10. The van der Waals surface area contributed by atoms with Crippen LogP contribution in [0, 0.1) is 18.3 Å². The quantitative estimate of drug-likeness (QED) is 0.908. The summed E-state index contributed by atoms with van der Waals surface area (Å²) in [4.78, 5) is 0. The fraction of sp³-hybridized carbons (Fsp3) is 0.235. The Morgan fingerprint density at radius 2 is 1.85 bits per heavy atom. The first kappa shape index (κ1) is 14.0. The number of ether oxygens (including phenoxy) is 1. The maximum Gasteiger partial charge on any atom is 0.124 e. The molecule has 3 nitrogen and oxygen atoms in total. The monoisotopic (exact) mass is 266 g/mol. The number of benzene rings is 2. The van der Waals surface area contributed by atoms with Gasteiger partial charge >= 0.3 is 0 Å². The smallest absolute Gasteiger partial charge is 0.124 e. The zero-order chi connectivity index (χ0) is 14.5. The molecule has 0 amide bonds. The van der Waals surface area contributed by atoms with E-state index in [4.69, 9.17) is 10.00 Å². The minimum absolute atomic E-state index is 0.123. The number of nitrogens with zero attached hydrogens (tertiary/aromatic N) is 1. The predicted octanol–water partition coefficient (Wildman–Crippen LogP) is 4.05. The first-order valence-electron chi connectivity index (χ1n) is 6.55. The van der Waals surface area contributed by atoms with Gasteiger partial charge in [0.25, 0.3) is 0 Å². The number of methoxy groups -OCH3 is 1. The number of hydrogen-bond donors (Lipinski definition) is 1. The van der Waals surface area contributed by atoms with E-state index in [1.54, 1.807) is 7.11 Å². The van der Waals surface area contributed by atoms with Gasteiger partial charge in [-0.25, -0.2) is 0 Å². The SMILES string of the molecule is COc1ccc(C)cc1C(C)Nc1ccc(C#N)cc1. The molecule has 2 aromatic rings. The van der Waals surface area contributed by atoms with Gasteiger partial charge in [0.05, 0.1) is 24.8 Å². The van der Waals surface area contributed by atoms with Gasteiger partial charge in [-0.2, -0.15) is 5.26 Å². The molecule has 0 saturated heterocycles. The summed E-state index contributed by atoms with van der Waals surface area (Å²) >= 11 is 0. The molecule has 0 spiro atoms. The number of anilines is 1. The molecule has 0 fully saturated rings. The molecule has 1 unspecified atom stereocenters. The second kappa shape index (κ2) is 6.12. The Balaban J connectivity index is 2.21. The van der Waals surface area contributed by atoms with E-state index in [9.17, 15) is 0 Å². The first-order valence-corrected chi connectivity index (χ1v) is 6.55. The number of aryl methyl sites for hydroxylation is 1. The highest BCUT2D eigenvalue weighted by atomic mass is 16.5. The van der Waals surface area contributed by atoms with Gasteiger partial charge in [0, 0.05) is 11.3 Å². The Labute approximate surface area is 119 Å². The Hall–Kier alpha value is -2.47. The first-order chi connectivity index (χ1) is 9.63. The normalized spacial score (nSPS) is 11.5. The highest BCUT2D eigenvalue weighted by Crippen LogP contribution is 2.28. The van der Waals surface area contributed by atoms with Crippen molar-refractivity contribution in [2.24, 2.45) is 0 Å². The van der Waals surface area contributed by atoms with E-state index in [0.29, 0.717) is 5.56 Å². The molecule has 2 aromatic carbocycles. The summed E-state index contributed by atoms with van der Waals surface area (Å²) < 4.78 is 5.41. The van der Waals surface area contributed by atoms with Gasteiger partial charge in [-0.1, -0.05) is 17.7 Å². The molecule has 2 rings (SSSR count). The molecule has 0 aliphatic carbocycles. The third-order valence-electron chi connectivity index (χ3n) is 3.25. The molecule has 1 N–H and O–H groups in total. The Kier molecular flexibility index (Phi) is 4.27. The lowest BCUT2D eigenvalue weighted by molar-refractivity contribution is 0.408. The van der Waals surface area contributed by atoms with Crippen molar-refractivity contribution in [2.75, 3.05) is 12.4 Å². The maximum atomic E-state index is 8.80. The van der Waals surface area contributed by atoms with Gasteiger partial charge in [-0.15, -0.1) is 0 Å². The molecule has 0 heterocycles. The molecule has 1 atom stereocenters. The summed E-state index contributed by atoms with van der Waals surface area (Å²) in [5.74, 6) is 0.879. The van der Waals surface area contributed by atoms with Crippen LogP contribution >= 0.6 is 0 Å². The van der Waals surface area contributed by atoms with E-state index in [2.05, 4.69) is 31.3 Å². The fourth-order valence-corrected chi connectivity index (χ4v) is 2.16. The summed E-state index contributed by atoms with van der Waals surface area (Å²) in [6.07, 6.45) is 0. The van der Waals surface area contributed by atoms with Crippen LogP contribution in [0.5, 0.6) is 5.75 Å². The molecule has 20 heavy (non-hydrogen) atoms. The molecular weight excluding hydrogens is 248 g/mol. The molecule has 0 radical (unpaired) electrons. The van der Waals surface area contributed by atoms with Gasteiger partial charge in [-0.3, -0.25) is 0 Å². The summed E-state index contributed by atoms with van der Waals surface area (Å²) in [6.45, 7) is 4.16. The van der Waals surface area contributed by atoms with E-state index in [1.807, 2.05) is 36.4 Å². The second-order valence-electron chi connectivity index (χ2n) is 4.80. The van der Waals surface area contributed by atoms with Gasteiger partial charge in [0.1, 0.15) is 5.75 Å². The van der Waals surface area contributed by atoms with E-state index in [1.165, 1.54) is 5.56 Å². The van der Waals surface area contributed by atoms with Crippen LogP contribution in [-0.2, 0) is 0 Å². The second-order valence-corrected chi connectivity index (χ2v) is 4.80. The summed E-state index contributed by atoms with van der Waals surface area (Å²) in [7, 11) is 1.68. The van der Waals surface area contributed by atoms with Crippen molar-refractivity contribution in [3.8, 4) is 11.8 Å². The van der Waals surface area contributed by atoms with Crippen LogP contribution in [0.1, 0.15) is 29.7 Å². The highest BCUT2D eigenvalue weighted by Gasteiger charge is 2.11. The number of hydrogen-bond acceptors (Lipinski definition) is 3. The van der Waals surface area contributed by atoms with Crippen LogP contribution in [0.2, 0.25) is 0 Å². The lowest BCUT2D eigenvalue weighted by Gasteiger charge is -2.19. The molecule has 0 aromatic heterocycles. The van der Waals surface area contributed by atoms with E-state index in [0.717, 1.165) is 17.0 Å². The van der Waals surface area contributed by atoms with Crippen molar-refractivity contribution >= 4 is 5.69 Å². The lowest BCUT2D eigenvalue weighted by Crippen LogP contribution is -2.08. The van der Waals surface area contributed by atoms with Crippen molar-refractivity contribution in [1.82, 2.24) is 0 Å². The zero-order valence-corrected chi connectivity index (χ0v) is 12.0. The van der Waals surface area contributed by atoms with Gasteiger partial charge in [0.15, 0.2) is 0 Å². The van der Waals surface area contributed by atoms with Gasteiger partial charge in [-0.05, 0) is 44.2 Å². The Morgan fingerprint density at radius 3 is 2.45 bits per heavy atom. The topological polar surface area (TPSA) is 45.0 Å². The number of nitriles is 1. The van der Waals surface area contributed by atoms with Crippen molar-refractivity contribution in [3.05, 3.63) is 59.2 Å². The number of nitrogens with one attached hydrogen (secondary N) is 1. The van der Waals surface area contributed by atoms with Crippen molar-refractivity contribution < 1.29 is 4.74 Å². The molecule has 102 valence electrons. The maximum absolute atomic E-state index is 8.80. The van der Waals surface area contributed by atoms with Crippen LogP contribution in [0.15, 0.2) is 42.5 Å². The van der Waals surface area contributed by atoms with E-state index in [-0.39, 0.29) is 6.04 Å². The van der Waals surface area contributed by atoms with E-state index >= 15 is 0 Å². The van der Waals surface area contributed by atoms with Crippen LogP contribution in [-0.4, -0.2) is 7.11 Å². The average molecular weight is 266 g/mol. The van der Waals surface area contributed by atoms with Crippen LogP contribution < -0.4 is 10.1 Å². The van der Waals surface area contributed by atoms with Crippen LogP contribution in [0.3, 0.4) is 0 Å². The molecule has 0 bridgehead atoms.